The summed E-state index contributed by atoms with van der Waals surface area (Å²) in [7, 11) is 0. The first-order valence-electron chi connectivity index (χ1n) is 12.2. The summed E-state index contributed by atoms with van der Waals surface area (Å²) in [6, 6.07) is 19.6. The molecule has 11 heteroatoms. The molecular formula is C28H26Cl2N4O5. The van der Waals surface area contributed by atoms with Crippen LogP contribution < -0.4 is 20.9 Å². The molecule has 0 aliphatic carbocycles. The first-order chi connectivity index (χ1) is 18.7. The summed E-state index contributed by atoms with van der Waals surface area (Å²) < 4.78 is 0. The monoisotopic (exact) mass is 568 g/mol. The fourth-order valence-electron chi connectivity index (χ4n) is 4.33. The van der Waals surface area contributed by atoms with Crippen LogP contribution in [0.5, 0.6) is 0 Å². The minimum Gasteiger partial charge on any atom is -0.481 e. The second-order valence-electron chi connectivity index (χ2n) is 9.11. The Hall–Kier alpha value is -4.08. The lowest BCUT2D eigenvalue weighted by molar-refractivity contribution is -0.138. The molecule has 0 bridgehead atoms. The highest BCUT2D eigenvalue weighted by molar-refractivity contribution is 6.34. The first kappa shape index (κ1) is 27.9. The smallest absolute Gasteiger partial charge is 0.319 e. The third-order valence-electron chi connectivity index (χ3n) is 6.19. The second kappa shape index (κ2) is 12.6. The van der Waals surface area contributed by atoms with Gasteiger partial charge in [-0.05, 0) is 47.5 Å². The van der Waals surface area contributed by atoms with Crippen molar-refractivity contribution in [3.8, 4) is 0 Å². The Labute approximate surface area is 235 Å². The van der Waals surface area contributed by atoms with Crippen LogP contribution in [0.3, 0.4) is 0 Å². The molecule has 0 radical (unpaired) electrons. The molecule has 0 spiro atoms. The summed E-state index contributed by atoms with van der Waals surface area (Å²) in [6.07, 6.45) is -0.427. The third-order valence-corrected chi connectivity index (χ3v) is 6.63. The van der Waals surface area contributed by atoms with Crippen molar-refractivity contribution >= 4 is 58.4 Å². The van der Waals surface area contributed by atoms with Crippen molar-refractivity contribution in [3.05, 3.63) is 94.0 Å². The summed E-state index contributed by atoms with van der Waals surface area (Å²) in [5.74, 6) is -2.53. The van der Waals surface area contributed by atoms with Crippen LogP contribution >= 0.6 is 23.2 Å². The van der Waals surface area contributed by atoms with Crippen LogP contribution in [0, 0.1) is 5.92 Å². The lowest BCUT2D eigenvalue weighted by Gasteiger charge is -2.21. The summed E-state index contributed by atoms with van der Waals surface area (Å²) in [6.45, 7) is 0.461. The van der Waals surface area contributed by atoms with Crippen LogP contribution in [0.2, 0.25) is 10.0 Å². The van der Waals surface area contributed by atoms with Crippen LogP contribution in [0.15, 0.2) is 72.8 Å². The van der Waals surface area contributed by atoms with Gasteiger partial charge in [-0.3, -0.25) is 14.4 Å². The summed E-state index contributed by atoms with van der Waals surface area (Å²) in [5, 5.41) is 18.3. The van der Waals surface area contributed by atoms with E-state index in [0.717, 1.165) is 5.56 Å². The summed E-state index contributed by atoms with van der Waals surface area (Å²) in [4.78, 5) is 51.2. The minimum absolute atomic E-state index is 0.0445. The molecule has 1 saturated heterocycles. The lowest BCUT2D eigenvalue weighted by Crippen LogP contribution is -2.36. The van der Waals surface area contributed by atoms with Gasteiger partial charge in [0.15, 0.2) is 0 Å². The number of urea groups is 1. The predicted molar refractivity (Wildman–Crippen MR) is 149 cm³/mol. The van der Waals surface area contributed by atoms with Crippen molar-refractivity contribution in [3.63, 3.8) is 0 Å². The van der Waals surface area contributed by atoms with Crippen molar-refractivity contribution in [2.45, 2.75) is 25.4 Å². The molecular weight excluding hydrogens is 543 g/mol. The molecule has 0 aromatic heterocycles. The number of benzene rings is 3. The molecule has 4 rings (SSSR count). The van der Waals surface area contributed by atoms with Crippen molar-refractivity contribution in [2.24, 2.45) is 5.92 Å². The van der Waals surface area contributed by atoms with Gasteiger partial charge in [-0.2, -0.15) is 0 Å². The first-order valence-corrected chi connectivity index (χ1v) is 12.9. The molecule has 1 fully saturated rings. The third kappa shape index (κ3) is 7.72. The van der Waals surface area contributed by atoms with Gasteiger partial charge in [0.25, 0.3) is 0 Å². The van der Waals surface area contributed by atoms with E-state index in [1.165, 1.54) is 11.0 Å². The Morgan fingerprint density at radius 3 is 2.38 bits per heavy atom. The standard InChI is InChI=1S/C28H26Cl2N4O5/c29-20-9-18(10-21(30)12-20)24(14-26(36)37)33-27(38)19-11-25(35)34(16-19)23-8-4-7-22(13-23)32-28(39)31-15-17-5-2-1-3-6-17/h1-10,12-13,19,24H,11,14-16H2,(H,33,38)(H,36,37)(H2,31,32,39). The molecule has 0 saturated carbocycles. The van der Waals surface area contributed by atoms with Gasteiger partial charge in [-0.25, -0.2) is 4.79 Å². The maximum atomic E-state index is 13.1. The van der Waals surface area contributed by atoms with E-state index in [9.17, 15) is 24.3 Å². The van der Waals surface area contributed by atoms with E-state index in [2.05, 4.69) is 16.0 Å². The van der Waals surface area contributed by atoms with E-state index >= 15 is 0 Å². The highest BCUT2D eigenvalue weighted by Gasteiger charge is 2.36. The molecule has 1 aliphatic rings. The van der Waals surface area contributed by atoms with Gasteiger partial charge in [0.2, 0.25) is 11.8 Å². The number of anilines is 2. The van der Waals surface area contributed by atoms with Crippen LogP contribution in [0.4, 0.5) is 16.2 Å². The van der Waals surface area contributed by atoms with E-state index < -0.39 is 29.9 Å². The molecule has 2 unspecified atom stereocenters. The largest absolute Gasteiger partial charge is 0.481 e. The van der Waals surface area contributed by atoms with E-state index in [0.29, 0.717) is 33.5 Å². The molecule has 1 aliphatic heterocycles. The summed E-state index contributed by atoms with van der Waals surface area (Å²) >= 11 is 12.1. The number of aliphatic carboxylic acids is 1. The van der Waals surface area contributed by atoms with Crippen LogP contribution in [0.1, 0.15) is 30.0 Å². The molecule has 9 nitrogen and oxygen atoms in total. The average molecular weight is 569 g/mol. The molecule has 39 heavy (non-hydrogen) atoms. The molecule has 4 amide bonds. The fraction of sp³-hybridized carbons (Fsp3) is 0.214. The Morgan fingerprint density at radius 1 is 0.974 bits per heavy atom. The van der Waals surface area contributed by atoms with Gasteiger partial charge in [0.05, 0.1) is 18.4 Å². The Kier molecular flexibility index (Phi) is 9.06. The normalized spacial score (nSPS) is 15.5. The topological polar surface area (TPSA) is 128 Å². The van der Waals surface area contributed by atoms with E-state index in [1.54, 1.807) is 36.4 Å². The summed E-state index contributed by atoms with van der Waals surface area (Å²) in [5.41, 5.74) is 2.42. The van der Waals surface area contributed by atoms with Crippen molar-refractivity contribution in [1.82, 2.24) is 10.6 Å². The number of nitrogens with one attached hydrogen (secondary N) is 3. The number of amides is 4. The Balaban J connectivity index is 1.39. The molecule has 202 valence electrons. The molecule has 1 heterocycles. The highest BCUT2D eigenvalue weighted by Crippen LogP contribution is 2.29. The number of halogens is 2. The van der Waals surface area contributed by atoms with Crippen molar-refractivity contribution < 1.29 is 24.3 Å². The average Bonchev–Trinajstić information content (AvgIpc) is 3.29. The zero-order valence-corrected chi connectivity index (χ0v) is 22.2. The SMILES string of the molecule is O=C(O)CC(NC(=O)C1CC(=O)N(c2cccc(NC(=O)NCc3ccccc3)c2)C1)c1cc(Cl)cc(Cl)c1. The zero-order valence-electron chi connectivity index (χ0n) is 20.7. The minimum atomic E-state index is -1.11. The van der Waals surface area contributed by atoms with Crippen LogP contribution in [0.25, 0.3) is 0 Å². The number of hydrogen-bond donors (Lipinski definition) is 4. The lowest BCUT2D eigenvalue weighted by atomic mass is 10.0. The number of carboxylic acids is 1. The van der Waals surface area contributed by atoms with Gasteiger partial charge in [-0.1, -0.05) is 59.6 Å². The number of hydrogen-bond acceptors (Lipinski definition) is 4. The van der Waals surface area contributed by atoms with Gasteiger partial charge in [-0.15, -0.1) is 0 Å². The van der Waals surface area contributed by atoms with E-state index in [1.807, 2.05) is 30.3 Å². The van der Waals surface area contributed by atoms with Gasteiger partial charge < -0.3 is 26.0 Å². The van der Waals surface area contributed by atoms with Gasteiger partial charge in [0, 0.05) is 40.9 Å². The maximum absolute atomic E-state index is 13.1. The van der Waals surface area contributed by atoms with Crippen molar-refractivity contribution in [2.75, 3.05) is 16.8 Å². The van der Waals surface area contributed by atoms with E-state index in [-0.39, 0.29) is 25.3 Å². The molecule has 2 atom stereocenters. The van der Waals surface area contributed by atoms with Crippen molar-refractivity contribution in [1.29, 1.82) is 0 Å². The number of carbonyl (C=O) groups is 4. The molecule has 4 N–H and O–H groups in total. The van der Waals surface area contributed by atoms with E-state index in [4.69, 9.17) is 23.2 Å². The number of carbonyl (C=O) groups excluding carboxylic acids is 3. The fourth-order valence-corrected chi connectivity index (χ4v) is 4.87. The Morgan fingerprint density at radius 2 is 1.69 bits per heavy atom. The maximum Gasteiger partial charge on any atom is 0.319 e. The van der Waals surface area contributed by atoms with Gasteiger partial charge >= 0.3 is 12.0 Å². The Bertz CT molecular complexity index is 1370. The second-order valence-corrected chi connectivity index (χ2v) is 9.98. The van der Waals surface area contributed by atoms with Crippen LogP contribution in [-0.2, 0) is 20.9 Å². The number of carboxylic acid groups (broad SMARTS) is 1. The number of nitrogens with zero attached hydrogens (tertiary/aromatic N) is 1. The molecule has 3 aromatic carbocycles. The highest BCUT2D eigenvalue weighted by atomic mass is 35.5. The quantitative estimate of drug-likeness (QED) is 0.289. The predicted octanol–water partition coefficient (Wildman–Crippen LogP) is 5.00. The van der Waals surface area contributed by atoms with Crippen LogP contribution in [-0.4, -0.2) is 35.5 Å². The zero-order chi connectivity index (χ0) is 27.9. The number of rotatable bonds is 9. The van der Waals surface area contributed by atoms with Gasteiger partial charge in [0.1, 0.15) is 0 Å². The molecule has 3 aromatic rings.